The number of benzene rings is 2. The van der Waals surface area contributed by atoms with Crippen LogP contribution in [0.1, 0.15) is 42.1 Å². The van der Waals surface area contributed by atoms with Gasteiger partial charge in [-0.25, -0.2) is 4.39 Å². The Balaban J connectivity index is 1.87. The molecule has 0 radical (unpaired) electrons. The molecule has 2 nitrogen and oxygen atoms in total. The zero-order valence-corrected chi connectivity index (χ0v) is 12.2. The molecule has 21 heavy (non-hydrogen) atoms. The van der Waals surface area contributed by atoms with Gasteiger partial charge in [0.25, 0.3) is 0 Å². The number of hydrogen-bond acceptors (Lipinski definition) is 2. The fourth-order valence-electron chi connectivity index (χ4n) is 3.05. The third kappa shape index (κ3) is 2.66. The third-order valence-electron chi connectivity index (χ3n) is 4.20. The monoisotopic (exact) mass is 286 g/mol. The van der Waals surface area contributed by atoms with Crippen LogP contribution in [0.4, 0.5) is 4.39 Å². The average molecular weight is 286 g/mol. The van der Waals surface area contributed by atoms with E-state index in [0.717, 1.165) is 17.5 Å². The highest BCUT2D eigenvalue weighted by Crippen LogP contribution is 2.39. The van der Waals surface area contributed by atoms with Gasteiger partial charge in [0.2, 0.25) is 0 Å². The summed E-state index contributed by atoms with van der Waals surface area (Å²) < 4.78 is 19.1. The molecule has 2 aromatic rings. The molecule has 0 saturated heterocycles. The number of ether oxygens (including phenoxy) is 1. The summed E-state index contributed by atoms with van der Waals surface area (Å²) in [5, 5.41) is 10.5. The van der Waals surface area contributed by atoms with Gasteiger partial charge in [-0.3, -0.25) is 0 Å². The quantitative estimate of drug-likeness (QED) is 0.899. The van der Waals surface area contributed by atoms with Crippen LogP contribution in [0.15, 0.2) is 42.5 Å². The molecule has 2 aromatic carbocycles. The van der Waals surface area contributed by atoms with Crippen LogP contribution in [0, 0.1) is 12.7 Å². The van der Waals surface area contributed by atoms with Gasteiger partial charge in [0.05, 0.1) is 0 Å². The van der Waals surface area contributed by atoms with Gasteiger partial charge in [-0.1, -0.05) is 31.2 Å². The van der Waals surface area contributed by atoms with Crippen molar-refractivity contribution in [3.63, 3.8) is 0 Å². The van der Waals surface area contributed by atoms with Crippen molar-refractivity contribution < 1.29 is 14.2 Å². The Bertz CT molecular complexity index is 653. The molecule has 0 bridgehead atoms. The normalized spacial score (nSPS) is 24.5. The second kappa shape index (κ2) is 5.49. The molecule has 0 aromatic heterocycles. The molecule has 0 fully saturated rings. The molecule has 110 valence electrons. The number of aliphatic hydroxyl groups is 1. The van der Waals surface area contributed by atoms with Crippen LogP contribution in [0.25, 0.3) is 0 Å². The molecule has 1 aliphatic carbocycles. The predicted octanol–water partition coefficient (Wildman–Crippen LogP) is 4.12. The van der Waals surface area contributed by atoms with Gasteiger partial charge in [0.15, 0.2) is 0 Å². The Morgan fingerprint density at radius 2 is 1.86 bits per heavy atom. The largest absolute Gasteiger partial charge is 0.487 e. The maximum absolute atomic E-state index is 13.2. The van der Waals surface area contributed by atoms with E-state index < -0.39 is 6.10 Å². The zero-order chi connectivity index (χ0) is 15.0. The number of rotatable bonds is 2. The summed E-state index contributed by atoms with van der Waals surface area (Å²) in [6.45, 7) is 3.95. The molecular weight excluding hydrogens is 267 g/mol. The van der Waals surface area contributed by atoms with Crippen LogP contribution in [-0.4, -0.2) is 11.2 Å². The second-order valence-electron chi connectivity index (χ2n) is 5.78. The lowest BCUT2D eigenvalue weighted by molar-refractivity contribution is 0.0175. The van der Waals surface area contributed by atoms with Gasteiger partial charge >= 0.3 is 0 Å². The number of aliphatic hydroxyl groups excluding tert-OH is 1. The van der Waals surface area contributed by atoms with E-state index in [4.69, 9.17) is 4.74 Å². The van der Waals surface area contributed by atoms with E-state index in [9.17, 15) is 9.50 Å². The van der Waals surface area contributed by atoms with Crippen LogP contribution in [0.2, 0.25) is 0 Å². The second-order valence-corrected chi connectivity index (χ2v) is 5.78. The van der Waals surface area contributed by atoms with Gasteiger partial charge in [-0.15, -0.1) is 0 Å². The summed E-state index contributed by atoms with van der Waals surface area (Å²) in [7, 11) is 0. The van der Waals surface area contributed by atoms with Crippen LogP contribution >= 0.6 is 0 Å². The van der Waals surface area contributed by atoms with E-state index in [1.807, 2.05) is 25.1 Å². The zero-order valence-electron chi connectivity index (χ0n) is 12.2. The van der Waals surface area contributed by atoms with Crippen molar-refractivity contribution >= 4 is 0 Å². The third-order valence-corrected chi connectivity index (χ3v) is 4.20. The van der Waals surface area contributed by atoms with Gasteiger partial charge in [0, 0.05) is 0 Å². The molecule has 3 heteroatoms. The Morgan fingerprint density at radius 3 is 2.57 bits per heavy atom. The first kappa shape index (κ1) is 14.1. The summed E-state index contributed by atoms with van der Waals surface area (Å²) in [5.41, 5.74) is 2.86. The maximum Gasteiger partial charge on any atom is 0.129 e. The van der Waals surface area contributed by atoms with Crippen molar-refractivity contribution in [1.82, 2.24) is 0 Å². The maximum atomic E-state index is 13.2. The number of hydrogen-bond donors (Lipinski definition) is 1. The molecule has 0 amide bonds. The molecule has 3 rings (SSSR count). The van der Waals surface area contributed by atoms with E-state index in [-0.39, 0.29) is 11.9 Å². The molecule has 0 heterocycles. The van der Waals surface area contributed by atoms with E-state index in [2.05, 4.69) is 13.0 Å². The molecule has 0 aliphatic heterocycles. The highest BCUT2D eigenvalue weighted by Gasteiger charge is 2.33. The molecule has 0 saturated carbocycles. The van der Waals surface area contributed by atoms with Gasteiger partial charge in [-0.05, 0) is 54.2 Å². The average Bonchev–Trinajstić information content (AvgIpc) is 2.47. The number of fused-ring (bicyclic) bond motifs is 1. The van der Waals surface area contributed by atoms with Crippen molar-refractivity contribution in [3.05, 3.63) is 65.0 Å². The van der Waals surface area contributed by atoms with Gasteiger partial charge in [0.1, 0.15) is 23.8 Å². The minimum Gasteiger partial charge on any atom is -0.487 e. The predicted molar refractivity (Wildman–Crippen MR) is 80.0 cm³/mol. The van der Waals surface area contributed by atoms with Crippen molar-refractivity contribution in [2.45, 2.75) is 38.4 Å². The lowest BCUT2D eigenvalue weighted by Crippen LogP contribution is -2.32. The van der Waals surface area contributed by atoms with Crippen LogP contribution in [0.3, 0.4) is 0 Å². The first-order valence-electron chi connectivity index (χ1n) is 7.26. The minimum absolute atomic E-state index is 0.275. The molecule has 3 unspecified atom stereocenters. The first-order chi connectivity index (χ1) is 10.1. The lowest BCUT2D eigenvalue weighted by Gasteiger charge is -2.34. The van der Waals surface area contributed by atoms with Crippen molar-refractivity contribution in [2.75, 3.05) is 0 Å². The Labute approximate surface area is 124 Å². The SMILES string of the molecule is Cc1cc(F)ccc1OC1CC(C)c2ccccc2C1O. The van der Waals surface area contributed by atoms with Gasteiger partial charge in [-0.2, -0.15) is 0 Å². The molecular formula is C18H19FO2. The summed E-state index contributed by atoms with van der Waals surface area (Å²) >= 11 is 0. The van der Waals surface area contributed by atoms with Crippen LogP contribution < -0.4 is 4.74 Å². The van der Waals surface area contributed by atoms with E-state index >= 15 is 0 Å². The van der Waals surface area contributed by atoms with Crippen molar-refractivity contribution in [1.29, 1.82) is 0 Å². The molecule has 1 N–H and O–H groups in total. The molecule has 1 aliphatic rings. The van der Waals surface area contributed by atoms with E-state index in [1.54, 1.807) is 6.07 Å². The Kier molecular flexibility index (Phi) is 3.68. The fraction of sp³-hybridized carbons (Fsp3) is 0.333. The number of aryl methyl sites for hydroxylation is 1. The van der Waals surface area contributed by atoms with Crippen molar-refractivity contribution in [3.8, 4) is 5.75 Å². The smallest absolute Gasteiger partial charge is 0.129 e. The highest BCUT2D eigenvalue weighted by molar-refractivity contribution is 5.37. The highest BCUT2D eigenvalue weighted by atomic mass is 19.1. The Hall–Kier alpha value is -1.87. The lowest BCUT2D eigenvalue weighted by atomic mass is 9.80. The molecule has 3 atom stereocenters. The van der Waals surface area contributed by atoms with Crippen LogP contribution in [0.5, 0.6) is 5.75 Å². The summed E-state index contributed by atoms with van der Waals surface area (Å²) in [6, 6.07) is 12.4. The Morgan fingerprint density at radius 1 is 1.14 bits per heavy atom. The van der Waals surface area contributed by atoms with Crippen molar-refractivity contribution in [2.24, 2.45) is 0 Å². The van der Waals surface area contributed by atoms with Gasteiger partial charge < -0.3 is 9.84 Å². The van der Waals surface area contributed by atoms with E-state index in [0.29, 0.717) is 11.7 Å². The summed E-state index contributed by atoms with van der Waals surface area (Å²) in [5.74, 6) is 0.685. The fourth-order valence-corrected chi connectivity index (χ4v) is 3.05. The first-order valence-corrected chi connectivity index (χ1v) is 7.26. The number of halogens is 1. The summed E-state index contributed by atoms with van der Waals surface area (Å²) in [4.78, 5) is 0. The standard InChI is InChI=1S/C18H19FO2/c1-11-10-17(18(20)15-6-4-3-5-14(11)15)21-16-8-7-13(19)9-12(16)2/h3-9,11,17-18,20H,10H2,1-2H3. The topological polar surface area (TPSA) is 29.5 Å². The van der Waals surface area contributed by atoms with E-state index in [1.165, 1.54) is 17.7 Å². The minimum atomic E-state index is -0.651. The molecule has 0 spiro atoms. The summed E-state index contributed by atoms with van der Waals surface area (Å²) in [6.07, 6.45) is -0.212. The van der Waals surface area contributed by atoms with Crippen LogP contribution in [-0.2, 0) is 0 Å².